The molecular weight excluding hydrogens is 462 g/mol. The van der Waals surface area contributed by atoms with Gasteiger partial charge in [0.1, 0.15) is 10.7 Å². The molecule has 0 aliphatic rings. The van der Waals surface area contributed by atoms with E-state index in [1.165, 1.54) is 30.3 Å². The van der Waals surface area contributed by atoms with Crippen LogP contribution in [0.4, 0.5) is 16.0 Å². The van der Waals surface area contributed by atoms with Gasteiger partial charge in [-0.2, -0.15) is 0 Å². The maximum Gasteiger partial charge on any atom is 0.264 e. The van der Waals surface area contributed by atoms with Crippen molar-refractivity contribution in [3.8, 4) is 0 Å². The Labute approximate surface area is 188 Å². The van der Waals surface area contributed by atoms with E-state index >= 15 is 0 Å². The maximum atomic E-state index is 13.2. The minimum atomic E-state index is -4.10. The van der Waals surface area contributed by atoms with Crippen LogP contribution in [0.5, 0.6) is 0 Å². The van der Waals surface area contributed by atoms with Crippen molar-refractivity contribution in [2.45, 2.75) is 11.4 Å². The van der Waals surface area contributed by atoms with Crippen LogP contribution in [0.25, 0.3) is 11.0 Å². The van der Waals surface area contributed by atoms with Crippen molar-refractivity contribution in [2.24, 2.45) is 0 Å². The molecule has 158 valence electrons. The predicted molar refractivity (Wildman–Crippen MR) is 121 cm³/mol. The Balaban J connectivity index is 1.72. The molecule has 4 rings (SSSR count). The van der Waals surface area contributed by atoms with E-state index in [4.69, 9.17) is 23.2 Å². The van der Waals surface area contributed by atoms with Crippen LogP contribution in [0.3, 0.4) is 0 Å². The zero-order valence-corrected chi connectivity index (χ0v) is 18.1. The van der Waals surface area contributed by atoms with E-state index in [0.29, 0.717) is 11.0 Å². The Bertz CT molecular complexity index is 1370. The van der Waals surface area contributed by atoms with E-state index in [1.807, 2.05) is 0 Å². The standard InChI is InChI=1S/C21H15Cl2FN4O2S/c22-14-7-10-16(23)19(11-14)31(29,30)28-21-20(25-12-13-5-8-15(24)9-6-13)26-17-3-1-2-4-18(17)27-21/h1-11H,12H2,(H,25,26)(H,27,28). The second-order valence-electron chi connectivity index (χ2n) is 6.57. The molecule has 4 aromatic rings. The topological polar surface area (TPSA) is 84.0 Å². The summed E-state index contributed by atoms with van der Waals surface area (Å²) in [5.74, 6) is -0.136. The van der Waals surface area contributed by atoms with Gasteiger partial charge in [-0.05, 0) is 48.0 Å². The molecule has 2 N–H and O–H groups in total. The normalized spacial score (nSPS) is 11.5. The molecule has 3 aromatic carbocycles. The molecule has 1 aromatic heterocycles. The van der Waals surface area contributed by atoms with Crippen LogP contribution in [0.1, 0.15) is 5.56 Å². The smallest absolute Gasteiger partial charge is 0.264 e. The average Bonchev–Trinajstić information content (AvgIpc) is 2.74. The minimum absolute atomic E-state index is 0.00291. The van der Waals surface area contributed by atoms with Gasteiger partial charge in [0.15, 0.2) is 11.6 Å². The van der Waals surface area contributed by atoms with E-state index in [2.05, 4.69) is 20.0 Å². The summed E-state index contributed by atoms with van der Waals surface area (Å²) in [7, 11) is -4.10. The maximum absolute atomic E-state index is 13.2. The Hall–Kier alpha value is -2.94. The van der Waals surface area contributed by atoms with Crippen molar-refractivity contribution >= 4 is 55.9 Å². The lowest BCUT2D eigenvalue weighted by molar-refractivity contribution is 0.601. The number of hydrogen-bond donors (Lipinski definition) is 2. The molecule has 0 amide bonds. The summed E-state index contributed by atoms with van der Waals surface area (Å²) in [5, 5.41) is 3.30. The highest BCUT2D eigenvalue weighted by molar-refractivity contribution is 7.92. The lowest BCUT2D eigenvalue weighted by Gasteiger charge is -2.14. The molecule has 0 aliphatic heterocycles. The first-order valence-electron chi connectivity index (χ1n) is 9.05. The predicted octanol–water partition coefficient (Wildman–Crippen LogP) is 5.49. The van der Waals surface area contributed by atoms with E-state index in [9.17, 15) is 12.8 Å². The van der Waals surface area contributed by atoms with Gasteiger partial charge in [0.25, 0.3) is 10.0 Å². The summed E-state index contributed by atoms with van der Waals surface area (Å²) in [4.78, 5) is 8.73. The first-order valence-corrected chi connectivity index (χ1v) is 11.3. The zero-order chi connectivity index (χ0) is 22.0. The second kappa shape index (κ2) is 8.66. The highest BCUT2D eigenvalue weighted by Gasteiger charge is 2.22. The van der Waals surface area contributed by atoms with Gasteiger partial charge in [-0.25, -0.2) is 22.8 Å². The summed E-state index contributed by atoms with van der Waals surface area (Å²) in [6.45, 7) is 0.278. The Morgan fingerprint density at radius 3 is 2.19 bits per heavy atom. The van der Waals surface area contributed by atoms with Gasteiger partial charge in [0, 0.05) is 11.6 Å². The van der Waals surface area contributed by atoms with Crippen LogP contribution < -0.4 is 10.0 Å². The number of benzene rings is 3. The second-order valence-corrected chi connectivity index (χ2v) is 9.06. The molecule has 0 bridgehead atoms. The Kier molecular flexibility index (Phi) is 5.95. The lowest BCUT2D eigenvalue weighted by Crippen LogP contribution is -2.17. The molecule has 0 fully saturated rings. The average molecular weight is 477 g/mol. The molecule has 6 nitrogen and oxygen atoms in total. The van der Waals surface area contributed by atoms with Crippen molar-refractivity contribution < 1.29 is 12.8 Å². The molecule has 0 spiro atoms. The molecule has 0 saturated carbocycles. The molecule has 0 atom stereocenters. The first kappa shape index (κ1) is 21.3. The van der Waals surface area contributed by atoms with Crippen molar-refractivity contribution in [1.82, 2.24) is 9.97 Å². The number of nitrogens with one attached hydrogen (secondary N) is 2. The molecule has 10 heteroatoms. The zero-order valence-electron chi connectivity index (χ0n) is 15.8. The third-order valence-electron chi connectivity index (χ3n) is 4.36. The third kappa shape index (κ3) is 4.87. The fraction of sp³-hybridized carbons (Fsp3) is 0.0476. The number of hydrogen-bond acceptors (Lipinski definition) is 5. The molecule has 0 radical (unpaired) electrons. The van der Waals surface area contributed by atoms with Gasteiger partial charge >= 0.3 is 0 Å². The number of fused-ring (bicyclic) bond motifs is 1. The number of halogens is 3. The summed E-state index contributed by atoms with van der Waals surface area (Å²) in [5.41, 5.74) is 1.86. The van der Waals surface area contributed by atoms with Gasteiger partial charge in [0.05, 0.1) is 16.1 Å². The van der Waals surface area contributed by atoms with Crippen LogP contribution >= 0.6 is 23.2 Å². The van der Waals surface area contributed by atoms with Crippen molar-refractivity contribution in [3.05, 3.63) is 88.2 Å². The van der Waals surface area contributed by atoms with Gasteiger partial charge in [-0.3, -0.25) is 4.72 Å². The number of anilines is 2. The third-order valence-corrected chi connectivity index (χ3v) is 6.41. The number of para-hydroxylation sites is 2. The number of aromatic nitrogens is 2. The quantitative estimate of drug-likeness (QED) is 0.384. The fourth-order valence-corrected chi connectivity index (χ4v) is 4.62. The number of rotatable bonds is 6. The Morgan fingerprint density at radius 2 is 1.52 bits per heavy atom. The SMILES string of the molecule is O=S(=O)(Nc1nc2ccccc2nc1NCc1ccc(F)cc1)c1cc(Cl)ccc1Cl. The van der Waals surface area contributed by atoms with E-state index in [-0.39, 0.29) is 38.9 Å². The van der Waals surface area contributed by atoms with E-state index in [0.717, 1.165) is 5.56 Å². The van der Waals surface area contributed by atoms with Crippen LogP contribution in [-0.2, 0) is 16.6 Å². The monoisotopic (exact) mass is 476 g/mol. The van der Waals surface area contributed by atoms with Crippen LogP contribution in [0.2, 0.25) is 10.0 Å². The fourth-order valence-electron chi connectivity index (χ4n) is 2.85. The van der Waals surface area contributed by atoms with Gasteiger partial charge in [-0.15, -0.1) is 0 Å². The molecular formula is C21H15Cl2FN4O2S. The van der Waals surface area contributed by atoms with Crippen molar-refractivity contribution in [3.63, 3.8) is 0 Å². The summed E-state index contributed by atoms with van der Waals surface area (Å²) in [6, 6.07) is 17.1. The van der Waals surface area contributed by atoms with E-state index in [1.54, 1.807) is 36.4 Å². The molecule has 1 heterocycles. The van der Waals surface area contributed by atoms with Crippen molar-refractivity contribution in [2.75, 3.05) is 10.0 Å². The summed E-state index contributed by atoms with van der Waals surface area (Å²) in [6.07, 6.45) is 0. The highest BCUT2D eigenvalue weighted by Crippen LogP contribution is 2.29. The molecule has 31 heavy (non-hydrogen) atoms. The number of sulfonamides is 1. The van der Waals surface area contributed by atoms with E-state index < -0.39 is 10.0 Å². The largest absolute Gasteiger partial charge is 0.363 e. The van der Waals surface area contributed by atoms with Crippen LogP contribution in [0.15, 0.2) is 71.6 Å². The molecule has 0 unspecified atom stereocenters. The lowest BCUT2D eigenvalue weighted by atomic mass is 10.2. The van der Waals surface area contributed by atoms with Gasteiger partial charge < -0.3 is 5.32 Å². The van der Waals surface area contributed by atoms with Gasteiger partial charge in [0.2, 0.25) is 0 Å². The number of nitrogens with zero attached hydrogens (tertiary/aromatic N) is 2. The summed E-state index contributed by atoms with van der Waals surface area (Å²) < 4.78 is 41.6. The summed E-state index contributed by atoms with van der Waals surface area (Å²) >= 11 is 12.0. The van der Waals surface area contributed by atoms with Crippen LogP contribution in [0, 0.1) is 5.82 Å². The highest BCUT2D eigenvalue weighted by atomic mass is 35.5. The first-order chi connectivity index (χ1) is 14.8. The van der Waals surface area contributed by atoms with Gasteiger partial charge in [-0.1, -0.05) is 47.5 Å². The Morgan fingerprint density at radius 1 is 0.871 bits per heavy atom. The molecule has 0 saturated heterocycles. The van der Waals surface area contributed by atoms with Crippen LogP contribution in [-0.4, -0.2) is 18.4 Å². The van der Waals surface area contributed by atoms with Crippen molar-refractivity contribution in [1.29, 1.82) is 0 Å². The molecule has 0 aliphatic carbocycles. The minimum Gasteiger partial charge on any atom is -0.363 e.